The minimum absolute atomic E-state index is 0.137. The van der Waals surface area contributed by atoms with Crippen LogP contribution in [-0.2, 0) is 16.1 Å². The summed E-state index contributed by atoms with van der Waals surface area (Å²) in [5, 5.41) is 2.78. The average Bonchev–Trinajstić information content (AvgIpc) is 2.91. The van der Waals surface area contributed by atoms with Crippen LogP contribution in [0.3, 0.4) is 0 Å². The Morgan fingerprint density at radius 2 is 1.87 bits per heavy atom. The molecule has 0 spiro atoms. The van der Waals surface area contributed by atoms with Crippen molar-refractivity contribution in [3.63, 3.8) is 0 Å². The molecular formula is C17H20N2O4. The van der Waals surface area contributed by atoms with Crippen molar-refractivity contribution in [3.8, 4) is 0 Å². The molecule has 0 atom stereocenters. The molecule has 0 saturated carbocycles. The molecule has 1 aromatic heterocycles. The summed E-state index contributed by atoms with van der Waals surface area (Å²) in [5.74, 6) is 1.13. The van der Waals surface area contributed by atoms with Crippen molar-refractivity contribution in [2.24, 2.45) is 0 Å². The minimum Gasteiger partial charge on any atom is -0.465 e. The number of hydrogen-bond acceptors (Lipinski definition) is 5. The Balaban J connectivity index is 1.85. The molecule has 2 aromatic rings. The molecule has 0 aliphatic carbocycles. The van der Waals surface area contributed by atoms with Gasteiger partial charge in [0.1, 0.15) is 11.5 Å². The van der Waals surface area contributed by atoms with E-state index in [2.05, 4.69) is 10.1 Å². The lowest BCUT2D eigenvalue weighted by Gasteiger charge is -2.15. The van der Waals surface area contributed by atoms with E-state index in [-0.39, 0.29) is 12.5 Å². The Morgan fingerprint density at radius 3 is 2.43 bits per heavy atom. The largest absolute Gasteiger partial charge is 0.465 e. The van der Waals surface area contributed by atoms with Gasteiger partial charge in [0.05, 0.1) is 25.8 Å². The van der Waals surface area contributed by atoms with Crippen molar-refractivity contribution in [2.45, 2.75) is 13.5 Å². The number of rotatable bonds is 6. The number of hydrogen-bond donors (Lipinski definition) is 1. The number of aryl methyl sites for hydroxylation is 1. The number of anilines is 1. The molecule has 122 valence electrons. The number of carbonyl (C=O) groups excluding carboxylic acids is 2. The van der Waals surface area contributed by atoms with Gasteiger partial charge in [0.25, 0.3) is 0 Å². The zero-order valence-corrected chi connectivity index (χ0v) is 13.5. The first kappa shape index (κ1) is 16.8. The third-order valence-electron chi connectivity index (χ3n) is 3.23. The lowest BCUT2D eigenvalue weighted by atomic mass is 10.2. The van der Waals surface area contributed by atoms with Crippen molar-refractivity contribution in [1.82, 2.24) is 4.90 Å². The maximum absolute atomic E-state index is 12.0. The van der Waals surface area contributed by atoms with E-state index in [1.54, 1.807) is 24.3 Å². The van der Waals surface area contributed by atoms with Crippen LogP contribution in [-0.4, -0.2) is 37.5 Å². The van der Waals surface area contributed by atoms with E-state index >= 15 is 0 Å². The maximum Gasteiger partial charge on any atom is 0.337 e. The molecule has 0 fully saturated rings. The summed E-state index contributed by atoms with van der Waals surface area (Å²) in [6, 6.07) is 10.3. The Kier molecular flexibility index (Phi) is 5.54. The third-order valence-corrected chi connectivity index (χ3v) is 3.23. The molecule has 1 amide bonds. The first-order valence-electron chi connectivity index (χ1n) is 7.20. The van der Waals surface area contributed by atoms with Crippen LogP contribution in [0.15, 0.2) is 40.8 Å². The van der Waals surface area contributed by atoms with Gasteiger partial charge in [-0.2, -0.15) is 0 Å². The average molecular weight is 316 g/mol. The molecule has 0 unspecified atom stereocenters. The smallest absolute Gasteiger partial charge is 0.337 e. The molecule has 1 aromatic carbocycles. The second-order valence-corrected chi connectivity index (χ2v) is 5.30. The number of amides is 1. The van der Waals surface area contributed by atoms with E-state index in [9.17, 15) is 9.59 Å². The van der Waals surface area contributed by atoms with Crippen LogP contribution in [0.2, 0.25) is 0 Å². The molecule has 0 aliphatic rings. The third kappa shape index (κ3) is 4.96. The lowest BCUT2D eigenvalue weighted by Crippen LogP contribution is -2.29. The van der Waals surface area contributed by atoms with Gasteiger partial charge in [0.2, 0.25) is 5.91 Å². The predicted octanol–water partition coefficient (Wildman–Crippen LogP) is 2.45. The van der Waals surface area contributed by atoms with E-state index in [1.807, 2.05) is 31.0 Å². The Labute approximate surface area is 135 Å². The maximum atomic E-state index is 12.0. The number of furan rings is 1. The van der Waals surface area contributed by atoms with Crippen LogP contribution in [0, 0.1) is 6.92 Å². The predicted molar refractivity (Wildman–Crippen MR) is 86.2 cm³/mol. The van der Waals surface area contributed by atoms with Crippen molar-refractivity contribution < 1.29 is 18.7 Å². The summed E-state index contributed by atoms with van der Waals surface area (Å²) in [6.07, 6.45) is 0. The van der Waals surface area contributed by atoms with Crippen LogP contribution < -0.4 is 5.32 Å². The number of ether oxygens (including phenoxy) is 1. The highest BCUT2D eigenvalue weighted by atomic mass is 16.5. The molecule has 23 heavy (non-hydrogen) atoms. The van der Waals surface area contributed by atoms with E-state index in [4.69, 9.17) is 4.42 Å². The summed E-state index contributed by atoms with van der Waals surface area (Å²) in [6.45, 7) is 2.68. The highest BCUT2D eigenvalue weighted by molar-refractivity contribution is 5.93. The number of nitrogens with zero attached hydrogens (tertiary/aromatic N) is 1. The fraction of sp³-hybridized carbons (Fsp3) is 0.294. The SMILES string of the molecule is COC(=O)c1ccc(NC(=O)CN(C)Cc2ccc(C)o2)cc1. The van der Waals surface area contributed by atoms with E-state index in [1.165, 1.54) is 7.11 Å². The molecule has 6 nitrogen and oxygen atoms in total. The molecule has 0 radical (unpaired) electrons. The zero-order chi connectivity index (χ0) is 16.8. The Hall–Kier alpha value is -2.60. The fourth-order valence-corrected chi connectivity index (χ4v) is 2.15. The van der Waals surface area contributed by atoms with Gasteiger partial charge in [-0.05, 0) is 50.4 Å². The van der Waals surface area contributed by atoms with Gasteiger partial charge in [-0.25, -0.2) is 4.79 Å². The number of carbonyl (C=O) groups is 2. The number of likely N-dealkylation sites (N-methyl/N-ethyl adjacent to an activating group) is 1. The van der Waals surface area contributed by atoms with Crippen molar-refractivity contribution in [3.05, 3.63) is 53.5 Å². The number of benzene rings is 1. The van der Waals surface area contributed by atoms with E-state index in [0.29, 0.717) is 17.8 Å². The Bertz CT molecular complexity index is 676. The summed E-state index contributed by atoms with van der Waals surface area (Å²) in [7, 11) is 3.17. The molecule has 0 aliphatic heterocycles. The fourth-order valence-electron chi connectivity index (χ4n) is 2.15. The van der Waals surface area contributed by atoms with E-state index in [0.717, 1.165) is 11.5 Å². The molecule has 0 bridgehead atoms. The molecule has 6 heteroatoms. The Morgan fingerprint density at radius 1 is 1.17 bits per heavy atom. The monoisotopic (exact) mass is 316 g/mol. The van der Waals surface area contributed by atoms with Gasteiger partial charge in [-0.3, -0.25) is 9.69 Å². The topological polar surface area (TPSA) is 71.8 Å². The standard InChI is InChI=1S/C17H20N2O4/c1-12-4-9-15(23-12)10-19(2)11-16(20)18-14-7-5-13(6-8-14)17(21)22-3/h4-9H,10-11H2,1-3H3,(H,18,20). The highest BCUT2D eigenvalue weighted by Crippen LogP contribution is 2.11. The molecule has 0 saturated heterocycles. The summed E-state index contributed by atoms with van der Waals surface area (Å²) in [5.41, 5.74) is 1.07. The normalized spacial score (nSPS) is 10.6. The molecule has 2 rings (SSSR count). The van der Waals surface area contributed by atoms with Crippen molar-refractivity contribution in [1.29, 1.82) is 0 Å². The van der Waals surface area contributed by atoms with Crippen molar-refractivity contribution >= 4 is 17.6 Å². The van der Waals surface area contributed by atoms with Gasteiger partial charge >= 0.3 is 5.97 Å². The molecule has 1 N–H and O–H groups in total. The van der Waals surface area contributed by atoms with Gasteiger partial charge in [-0.15, -0.1) is 0 Å². The van der Waals surface area contributed by atoms with Crippen molar-refractivity contribution in [2.75, 3.05) is 26.0 Å². The van der Waals surface area contributed by atoms with Crippen LogP contribution >= 0.6 is 0 Å². The molecule has 1 heterocycles. The van der Waals surface area contributed by atoms with Gasteiger partial charge in [0.15, 0.2) is 0 Å². The summed E-state index contributed by atoms with van der Waals surface area (Å²) in [4.78, 5) is 25.2. The van der Waals surface area contributed by atoms with Gasteiger partial charge < -0.3 is 14.5 Å². The quantitative estimate of drug-likeness (QED) is 0.829. The molecular weight excluding hydrogens is 296 g/mol. The lowest BCUT2D eigenvalue weighted by molar-refractivity contribution is -0.117. The van der Waals surface area contributed by atoms with Crippen LogP contribution in [0.1, 0.15) is 21.9 Å². The minimum atomic E-state index is -0.406. The first-order valence-corrected chi connectivity index (χ1v) is 7.20. The van der Waals surface area contributed by atoms with E-state index < -0.39 is 5.97 Å². The van der Waals surface area contributed by atoms with Gasteiger partial charge in [-0.1, -0.05) is 0 Å². The number of methoxy groups -OCH3 is 1. The second kappa shape index (κ2) is 7.60. The number of nitrogens with one attached hydrogen (secondary N) is 1. The number of esters is 1. The highest BCUT2D eigenvalue weighted by Gasteiger charge is 2.10. The van der Waals surface area contributed by atoms with Crippen LogP contribution in [0.4, 0.5) is 5.69 Å². The second-order valence-electron chi connectivity index (χ2n) is 5.30. The first-order chi connectivity index (χ1) is 11.0. The van der Waals surface area contributed by atoms with Crippen LogP contribution in [0.25, 0.3) is 0 Å². The van der Waals surface area contributed by atoms with Gasteiger partial charge in [0, 0.05) is 5.69 Å². The summed E-state index contributed by atoms with van der Waals surface area (Å²) < 4.78 is 10.1. The summed E-state index contributed by atoms with van der Waals surface area (Å²) >= 11 is 0. The zero-order valence-electron chi connectivity index (χ0n) is 13.5. The van der Waals surface area contributed by atoms with Crippen LogP contribution in [0.5, 0.6) is 0 Å².